The van der Waals surface area contributed by atoms with Crippen LogP contribution in [0.15, 0.2) is 152 Å². The highest BCUT2D eigenvalue weighted by Crippen LogP contribution is 2.49. The second-order valence-corrected chi connectivity index (χ2v) is 15.9. The number of nitrogens with one attached hydrogen (secondary N) is 1. The largest absolute Gasteiger partial charge is 0.484 e. The zero-order valence-electron chi connectivity index (χ0n) is 27.4. The first-order valence-electron chi connectivity index (χ1n) is 16.2. The summed E-state index contributed by atoms with van der Waals surface area (Å²) in [6, 6.07) is 45.1. The van der Waals surface area contributed by atoms with Crippen molar-refractivity contribution in [3.8, 4) is 5.75 Å². The van der Waals surface area contributed by atoms with Crippen molar-refractivity contribution in [2.45, 2.75) is 18.0 Å². The number of hydrogen-bond acceptors (Lipinski definition) is 8. The highest BCUT2D eigenvalue weighted by Gasteiger charge is 2.55. The Morgan fingerprint density at radius 2 is 1.18 bits per heavy atom. The Balaban J connectivity index is 1.54. The number of β-lactam (4-membered cyclic amide) rings is 1. The summed E-state index contributed by atoms with van der Waals surface area (Å²) in [4.78, 5) is 56.7. The van der Waals surface area contributed by atoms with Crippen molar-refractivity contribution in [3.63, 3.8) is 0 Å². The highest BCUT2D eigenvalue weighted by atomic mass is 32.2. The molecule has 2 N–H and O–H groups in total. The lowest BCUT2D eigenvalue weighted by Gasteiger charge is -2.49. The van der Waals surface area contributed by atoms with Gasteiger partial charge in [0.2, 0.25) is 5.12 Å². The highest BCUT2D eigenvalue weighted by molar-refractivity contribution is 8.14. The molecule has 2 atom stereocenters. The van der Waals surface area contributed by atoms with E-state index in [9.17, 15) is 24.3 Å². The number of esters is 1. The lowest BCUT2D eigenvalue weighted by molar-refractivity contribution is -0.146. The Morgan fingerprint density at radius 1 is 0.706 bits per heavy atom. The molecule has 5 aromatic carbocycles. The fraction of sp³-hybridized carbons (Fsp3) is 0.125. The number of ether oxygens (including phenoxy) is 2. The molecule has 51 heavy (non-hydrogen) atoms. The minimum atomic E-state index is -3.28. The monoisotopic (exact) mass is 718 g/mol. The molecule has 0 radical (unpaired) electrons. The van der Waals surface area contributed by atoms with Crippen molar-refractivity contribution in [2.24, 2.45) is 0 Å². The maximum Gasteiger partial charge on any atom is 0.356 e. The van der Waals surface area contributed by atoms with E-state index in [0.29, 0.717) is 17.5 Å². The summed E-state index contributed by atoms with van der Waals surface area (Å²) in [6.07, 6.45) is 0. The zero-order valence-corrected chi connectivity index (χ0v) is 29.1. The predicted molar refractivity (Wildman–Crippen MR) is 201 cm³/mol. The maximum atomic E-state index is 14.9. The summed E-state index contributed by atoms with van der Waals surface area (Å²) in [5.41, 5.74) is 0.787. The molecule has 2 amide bonds. The van der Waals surface area contributed by atoms with Gasteiger partial charge in [0.05, 0.1) is 0 Å². The summed E-state index contributed by atoms with van der Waals surface area (Å²) in [5.74, 6) is -1.49. The van der Waals surface area contributed by atoms with Gasteiger partial charge in [-0.25, -0.2) is 4.79 Å². The molecule has 5 aromatic rings. The number of para-hydroxylation sites is 1. The predicted octanol–water partition coefficient (Wildman–Crippen LogP) is 3.84. The normalized spacial score (nSPS) is 15.3. The average Bonchev–Trinajstić information content (AvgIpc) is 3.19. The smallest absolute Gasteiger partial charge is 0.356 e. The molecule has 1 aliphatic rings. The van der Waals surface area contributed by atoms with Gasteiger partial charge in [-0.05, 0) is 33.6 Å². The van der Waals surface area contributed by atoms with Gasteiger partial charge in [-0.1, -0.05) is 151 Å². The number of carbonyl (C=O) groups is 4. The maximum absolute atomic E-state index is 14.9. The fourth-order valence-corrected chi connectivity index (χ4v) is 11.4. The second kappa shape index (κ2) is 16.5. The molecule has 0 unspecified atom stereocenters. The van der Waals surface area contributed by atoms with E-state index in [1.165, 1.54) is 4.90 Å². The lowest BCUT2D eigenvalue weighted by atomic mass is 10.1. The van der Waals surface area contributed by atoms with Crippen LogP contribution in [-0.2, 0) is 30.5 Å². The van der Waals surface area contributed by atoms with Crippen LogP contribution in [0.2, 0.25) is 0 Å². The quantitative estimate of drug-likeness (QED) is 0.107. The van der Waals surface area contributed by atoms with E-state index in [4.69, 9.17) is 9.47 Å². The first-order chi connectivity index (χ1) is 24.9. The second-order valence-electron chi connectivity index (χ2n) is 11.5. The molecule has 6 rings (SSSR count). The van der Waals surface area contributed by atoms with Gasteiger partial charge < -0.3 is 19.9 Å². The van der Waals surface area contributed by atoms with E-state index in [1.807, 2.05) is 127 Å². The summed E-state index contributed by atoms with van der Waals surface area (Å²) >= 11 is 0.674. The molecule has 258 valence electrons. The van der Waals surface area contributed by atoms with Gasteiger partial charge in [-0.3, -0.25) is 19.3 Å². The molecule has 1 saturated heterocycles. The van der Waals surface area contributed by atoms with Crippen LogP contribution >= 0.6 is 18.6 Å². The third kappa shape index (κ3) is 7.68. The SMILES string of the molecule is O=C(COc1ccccc1)N[C@H]1C(=O)N(C(C(=O)OCc2ccccc2)=P(c2ccccc2)(c2ccccc2)c2ccccc2)[C@H]1SC(=O)CO. The van der Waals surface area contributed by atoms with Crippen LogP contribution in [0.3, 0.4) is 0 Å². The van der Waals surface area contributed by atoms with Crippen LogP contribution < -0.4 is 26.0 Å². The van der Waals surface area contributed by atoms with Crippen molar-refractivity contribution >= 4 is 62.9 Å². The summed E-state index contributed by atoms with van der Waals surface area (Å²) in [6.45, 7) is -4.55. The molecule has 0 aromatic heterocycles. The molecule has 0 bridgehead atoms. The van der Waals surface area contributed by atoms with Crippen molar-refractivity contribution < 1.29 is 33.8 Å². The Bertz CT molecular complexity index is 1930. The fourth-order valence-electron chi connectivity index (χ4n) is 5.95. The molecule has 1 aliphatic heterocycles. The summed E-state index contributed by atoms with van der Waals surface area (Å²) in [7, 11) is 0. The molecule has 1 heterocycles. The molecule has 0 aliphatic carbocycles. The number of carbonyl (C=O) groups excluding carboxylic acids is 4. The third-order valence-electron chi connectivity index (χ3n) is 8.23. The first kappa shape index (κ1) is 35.4. The van der Waals surface area contributed by atoms with Gasteiger partial charge in [0.25, 0.3) is 11.8 Å². The van der Waals surface area contributed by atoms with Crippen LogP contribution in [0.5, 0.6) is 5.75 Å². The Hall–Kier alpha value is -5.41. The summed E-state index contributed by atoms with van der Waals surface area (Å²) < 4.78 is 11.7. The topological polar surface area (TPSA) is 122 Å². The van der Waals surface area contributed by atoms with Crippen LogP contribution in [0.4, 0.5) is 0 Å². The van der Waals surface area contributed by atoms with Gasteiger partial charge in [0.15, 0.2) is 6.61 Å². The van der Waals surface area contributed by atoms with Crippen molar-refractivity contribution in [1.29, 1.82) is 0 Å². The number of amides is 2. The van der Waals surface area contributed by atoms with E-state index < -0.39 is 47.8 Å². The van der Waals surface area contributed by atoms with E-state index in [1.54, 1.807) is 24.3 Å². The minimum absolute atomic E-state index is 0.0429. The number of rotatable bonds is 13. The number of aliphatic hydroxyl groups is 1. The number of aliphatic hydroxyl groups excluding tert-OH is 1. The number of thioether (sulfide) groups is 1. The molecule has 0 saturated carbocycles. The van der Waals surface area contributed by atoms with Gasteiger partial charge in [-0.2, -0.15) is 0 Å². The lowest BCUT2D eigenvalue weighted by Crippen LogP contribution is -2.73. The van der Waals surface area contributed by atoms with Crippen molar-refractivity contribution in [2.75, 3.05) is 13.2 Å². The van der Waals surface area contributed by atoms with E-state index >= 15 is 0 Å². The average molecular weight is 719 g/mol. The third-order valence-corrected chi connectivity index (χ3v) is 13.6. The zero-order chi connectivity index (χ0) is 35.6. The van der Waals surface area contributed by atoms with Gasteiger partial charge in [0.1, 0.15) is 35.8 Å². The van der Waals surface area contributed by atoms with Gasteiger partial charge in [0, 0.05) is 6.89 Å². The Morgan fingerprint density at radius 3 is 1.67 bits per heavy atom. The van der Waals surface area contributed by atoms with Crippen molar-refractivity contribution in [3.05, 3.63) is 157 Å². The molecular formula is C40H35N2O7PS. The molecule has 9 nitrogen and oxygen atoms in total. The van der Waals surface area contributed by atoms with Crippen LogP contribution in [0.25, 0.3) is 0 Å². The first-order valence-corrected chi connectivity index (χ1v) is 18.9. The number of nitrogens with zero attached hydrogens (tertiary/aromatic N) is 1. The summed E-state index contributed by atoms with van der Waals surface area (Å²) in [5, 5.41) is 13.1. The Labute approximate surface area is 300 Å². The van der Waals surface area contributed by atoms with Gasteiger partial charge in [-0.15, -0.1) is 0 Å². The van der Waals surface area contributed by atoms with Crippen LogP contribution in [-0.4, -0.2) is 63.0 Å². The van der Waals surface area contributed by atoms with Crippen molar-refractivity contribution in [1.82, 2.24) is 10.2 Å². The molecule has 11 heteroatoms. The standard InChI is InChI=1S/C40H35N2O7PS/c43-26-35(45)51-39-36(41-34(44)28-48-30-18-8-2-9-19-30)37(46)42(39)38(40(47)49-27-29-16-6-1-7-17-29)50(31-20-10-3-11-21-31,32-22-12-4-13-23-32)33-24-14-5-15-25-33/h1-25,36,39,43H,26-28H2,(H,41,44)/t36-,39-/m0/s1. The van der Waals surface area contributed by atoms with Gasteiger partial charge >= 0.3 is 5.97 Å². The molecular weight excluding hydrogens is 683 g/mol. The van der Waals surface area contributed by atoms with Crippen LogP contribution in [0, 0.1) is 0 Å². The number of hydrogen-bond donors (Lipinski definition) is 2. The Kier molecular flexibility index (Phi) is 11.5. The minimum Gasteiger partial charge on any atom is -0.484 e. The number of benzene rings is 5. The molecule has 1 fully saturated rings. The number of likely N-dealkylation sites (tertiary alicyclic amines) is 1. The van der Waals surface area contributed by atoms with E-state index in [2.05, 4.69) is 5.32 Å². The van der Waals surface area contributed by atoms with E-state index in [0.717, 1.165) is 21.5 Å². The molecule has 0 spiro atoms. The van der Waals surface area contributed by atoms with Crippen LogP contribution in [0.1, 0.15) is 5.56 Å². The van der Waals surface area contributed by atoms with E-state index in [-0.39, 0.29) is 18.6 Å².